The summed E-state index contributed by atoms with van der Waals surface area (Å²) in [7, 11) is 1.61. The summed E-state index contributed by atoms with van der Waals surface area (Å²) in [5.74, 6) is 0.627. The molecule has 1 N–H and O–H groups in total. The van der Waals surface area contributed by atoms with Gasteiger partial charge >= 0.3 is 0 Å². The van der Waals surface area contributed by atoms with E-state index in [9.17, 15) is 0 Å². The summed E-state index contributed by atoms with van der Waals surface area (Å²) in [4.78, 5) is 4.17. The smallest absolute Gasteiger partial charge is 0.212 e. The minimum absolute atomic E-state index is 0.627. The zero-order valence-electron chi connectivity index (χ0n) is 9.78. The lowest BCUT2D eigenvalue weighted by molar-refractivity contribution is 0.397. The van der Waals surface area contributed by atoms with E-state index in [1.54, 1.807) is 13.3 Å². The van der Waals surface area contributed by atoms with E-state index in [1.807, 2.05) is 30.3 Å². The van der Waals surface area contributed by atoms with Crippen LogP contribution in [0.5, 0.6) is 5.88 Å². The van der Waals surface area contributed by atoms with Crippen molar-refractivity contribution in [1.29, 1.82) is 0 Å². The number of nitrogens with zero attached hydrogens (tertiary/aromatic N) is 1. The van der Waals surface area contributed by atoms with E-state index in [0.717, 1.165) is 20.2 Å². The molecule has 0 spiro atoms. The molecule has 0 saturated heterocycles. The molecule has 3 nitrogen and oxygen atoms in total. The monoisotopic (exact) mass is 370 g/mol. The Morgan fingerprint density at radius 1 is 1.22 bits per heavy atom. The van der Waals surface area contributed by atoms with Gasteiger partial charge in [-0.15, -0.1) is 0 Å². The van der Waals surface area contributed by atoms with Crippen LogP contribution in [-0.4, -0.2) is 12.1 Å². The molecule has 5 heteroatoms. The lowest BCUT2D eigenvalue weighted by atomic mass is 10.2. The van der Waals surface area contributed by atoms with Gasteiger partial charge < -0.3 is 10.1 Å². The van der Waals surface area contributed by atoms with Gasteiger partial charge in [0.15, 0.2) is 0 Å². The molecule has 0 atom stereocenters. The zero-order valence-corrected chi connectivity index (χ0v) is 13.0. The molecule has 0 aliphatic heterocycles. The summed E-state index contributed by atoms with van der Waals surface area (Å²) in [5, 5.41) is 3.35. The molecule has 18 heavy (non-hydrogen) atoms. The molecule has 0 unspecified atom stereocenters. The summed E-state index contributed by atoms with van der Waals surface area (Å²) in [6.45, 7) is 0.714. The lowest BCUT2D eigenvalue weighted by Gasteiger charge is -2.09. The highest BCUT2D eigenvalue weighted by Gasteiger charge is 2.01. The van der Waals surface area contributed by atoms with Crippen molar-refractivity contribution in [2.45, 2.75) is 6.54 Å². The second-order valence-electron chi connectivity index (χ2n) is 3.69. The number of halogens is 2. The van der Waals surface area contributed by atoms with Crippen LogP contribution in [0, 0.1) is 0 Å². The molecule has 0 aliphatic rings. The summed E-state index contributed by atoms with van der Waals surface area (Å²) >= 11 is 6.96. The zero-order chi connectivity index (χ0) is 13.0. The maximum Gasteiger partial charge on any atom is 0.212 e. The van der Waals surface area contributed by atoms with Gasteiger partial charge in [-0.05, 0) is 39.7 Å². The van der Waals surface area contributed by atoms with E-state index in [2.05, 4.69) is 42.2 Å². The fraction of sp³-hybridized carbons (Fsp3) is 0.154. The average Bonchev–Trinajstić information content (AvgIpc) is 2.40. The number of nitrogens with one attached hydrogen (secondary N) is 1. The predicted molar refractivity (Wildman–Crippen MR) is 80.0 cm³/mol. The van der Waals surface area contributed by atoms with Gasteiger partial charge in [-0.1, -0.05) is 22.0 Å². The molecular formula is C13H12Br2N2O. The normalized spacial score (nSPS) is 10.2. The number of methoxy groups -OCH3 is 1. The largest absolute Gasteiger partial charge is 0.481 e. The second-order valence-corrected chi connectivity index (χ2v) is 5.46. The van der Waals surface area contributed by atoms with E-state index in [0.29, 0.717) is 12.4 Å². The molecule has 0 amide bonds. The fourth-order valence-corrected chi connectivity index (χ4v) is 2.21. The highest BCUT2D eigenvalue weighted by Crippen LogP contribution is 2.26. The van der Waals surface area contributed by atoms with Crippen molar-refractivity contribution >= 4 is 37.5 Å². The fourth-order valence-electron chi connectivity index (χ4n) is 1.47. The molecule has 1 aromatic carbocycles. The SMILES string of the molecule is COc1ccc(CNc2cc(Br)ccc2Br)cn1. The molecule has 0 fully saturated rings. The van der Waals surface area contributed by atoms with Gasteiger partial charge in [-0.25, -0.2) is 4.98 Å². The van der Waals surface area contributed by atoms with Crippen molar-refractivity contribution in [3.8, 4) is 5.88 Å². The van der Waals surface area contributed by atoms with Crippen molar-refractivity contribution in [2.75, 3.05) is 12.4 Å². The number of benzene rings is 1. The van der Waals surface area contributed by atoms with Crippen molar-refractivity contribution in [3.05, 3.63) is 51.0 Å². The Morgan fingerprint density at radius 2 is 2.06 bits per heavy atom. The first-order valence-corrected chi connectivity index (χ1v) is 6.95. The van der Waals surface area contributed by atoms with Crippen LogP contribution in [0.25, 0.3) is 0 Å². The van der Waals surface area contributed by atoms with E-state index in [4.69, 9.17) is 4.74 Å². The van der Waals surface area contributed by atoms with Gasteiger partial charge in [0.2, 0.25) is 5.88 Å². The van der Waals surface area contributed by atoms with Gasteiger partial charge in [0.25, 0.3) is 0 Å². The molecule has 0 radical (unpaired) electrons. The van der Waals surface area contributed by atoms with E-state index >= 15 is 0 Å². The lowest BCUT2D eigenvalue weighted by Crippen LogP contribution is -2.00. The molecule has 1 heterocycles. The van der Waals surface area contributed by atoms with Crippen LogP contribution in [0.1, 0.15) is 5.56 Å². The third kappa shape index (κ3) is 3.46. The minimum atomic E-state index is 0.627. The van der Waals surface area contributed by atoms with Crippen molar-refractivity contribution in [3.63, 3.8) is 0 Å². The van der Waals surface area contributed by atoms with Crippen molar-refractivity contribution in [2.24, 2.45) is 0 Å². The molecule has 2 rings (SSSR count). The maximum absolute atomic E-state index is 5.02. The molecule has 0 aliphatic carbocycles. The minimum Gasteiger partial charge on any atom is -0.481 e. The van der Waals surface area contributed by atoms with Crippen LogP contribution < -0.4 is 10.1 Å². The molecule has 2 aromatic rings. The molecule has 0 saturated carbocycles. The number of pyridine rings is 1. The van der Waals surface area contributed by atoms with Crippen LogP contribution in [-0.2, 0) is 6.54 Å². The van der Waals surface area contributed by atoms with E-state index < -0.39 is 0 Å². The van der Waals surface area contributed by atoms with Crippen molar-refractivity contribution in [1.82, 2.24) is 4.98 Å². The summed E-state index contributed by atoms with van der Waals surface area (Å²) in [6, 6.07) is 9.86. The Morgan fingerprint density at radius 3 is 2.72 bits per heavy atom. The number of rotatable bonds is 4. The summed E-state index contributed by atoms with van der Waals surface area (Å²) < 4.78 is 7.10. The molecule has 1 aromatic heterocycles. The van der Waals surface area contributed by atoms with Crippen LogP contribution >= 0.6 is 31.9 Å². The van der Waals surface area contributed by atoms with Gasteiger partial charge in [0.05, 0.1) is 7.11 Å². The van der Waals surface area contributed by atoms with Gasteiger partial charge in [-0.2, -0.15) is 0 Å². The standard InChI is InChI=1S/C13H12Br2N2O/c1-18-13-5-2-9(8-17-13)7-16-12-6-10(14)3-4-11(12)15/h2-6,8,16H,7H2,1H3. The van der Waals surface area contributed by atoms with Crippen LogP contribution in [0.2, 0.25) is 0 Å². The van der Waals surface area contributed by atoms with Gasteiger partial charge in [0, 0.05) is 33.4 Å². The Hall–Kier alpha value is -1.07. The number of hydrogen-bond acceptors (Lipinski definition) is 3. The van der Waals surface area contributed by atoms with E-state index in [-0.39, 0.29) is 0 Å². The van der Waals surface area contributed by atoms with Gasteiger partial charge in [0.1, 0.15) is 0 Å². The quantitative estimate of drug-likeness (QED) is 0.873. The van der Waals surface area contributed by atoms with Crippen LogP contribution in [0.4, 0.5) is 5.69 Å². The number of aromatic nitrogens is 1. The Balaban J connectivity index is 2.04. The first-order chi connectivity index (χ1) is 8.69. The molecular weight excluding hydrogens is 360 g/mol. The summed E-state index contributed by atoms with van der Waals surface area (Å²) in [5.41, 5.74) is 2.14. The molecule has 94 valence electrons. The van der Waals surface area contributed by atoms with Crippen LogP contribution in [0.15, 0.2) is 45.5 Å². The Bertz CT molecular complexity index is 529. The topological polar surface area (TPSA) is 34.1 Å². The third-order valence-corrected chi connectivity index (χ3v) is 3.60. The van der Waals surface area contributed by atoms with Crippen molar-refractivity contribution < 1.29 is 4.74 Å². The van der Waals surface area contributed by atoms with Crippen LogP contribution in [0.3, 0.4) is 0 Å². The Labute approximate surface area is 123 Å². The van der Waals surface area contributed by atoms with E-state index in [1.165, 1.54) is 0 Å². The first-order valence-electron chi connectivity index (χ1n) is 5.37. The number of ether oxygens (including phenoxy) is 1. The average molecular weight is 372 g/mol. The number of hydrogen-bond donors (Lipinski definition) is 1. The third-order valence-electron chi connectivity index (χ3n) is 2.42. The number of anilines is 1. The van der Waals surface area contributed by atoms with Gasteiger partial charge in [-0.3, -0.25) is 0 Å². The second kappa shape index (κ2) is 6.20. The summed E-state index contributed by atoms with van der Waals surface area (Å²) in [6.07, 6.45) is 1.80. The molecule has 0 bridgehead atoms. The maximum atomic E-state index is 5.02. The Kier molecular flexibility index (Phi) is 4.60. The first kappa shape index (κ1) is 13.4. The highest BCUT2D eigenvalue weighted by atomic mass is 79.9. The predicted octanol–water partition coefficient (Wildman–Crippen LogP) is 4.23. The highest BCUT2D eigenvalue weighted by molar-refractivity contribution is 9.11.